The molecular weight excluding hydrogens is 336 g/mol. The summed E-state index contributed by atoms with van der Waals surface area (Å²) in [6.45, 7) is -0.427. The van der Waals surface area contributed by atoms with Crippen molar-refractivity contribution in [2.24, 2.45) is 15.3 Å². The molecule has 1 heterocycles. The normalized spacial score (nSPS) is 26.3. The molecule has 3 rings (SSSR count). The van der Waals surface area contributed by atoms with Crippen LogP contribution in [0.4, 0.5) is 11.4 Å². The Kier molecular flexibility index (Phi) is 6.03. The summed E-state index contributed by atoms with van der Waals surface area (Å²) in [5.74, 6) is 0.0557. The monoisotopic (exact) mass is 356 g/mol. The number of hydrazone groups is 1. The number of para-hydroxylation sites is 1. The number of ether oxygens (including phenoxy) is 1. The maximum atomic E-state index is 10.2. The van der Waals surface area contributed by atoms with Crippen molar-refractivity contribution in [3.8, 4) is 0 Å². The number of azo groups is 1. The SMILES string of the molecule is OCC1OC(/C(N=Nc2ccccc2)=N\Nc2ccccc2)C(O)C1O. The topological polar surface area (TPSA) is 119 Å². The molecule has 1 aliphatic rings. The molecule has 0 radical (unpaired) electrons. The summed E-state index contributed by atoms with van der Waals surface area (Å²) in [6.07, 6.45) is -4.45. The fourth-order valence-electron chi connectivity index (χ4n) is 2.49. The van der Waals surface area contributed by atoms with Gasteiger partial charge in [0.15, 0.2) is 0 Å². The number of nitrogens with one attached hydrogen (secondary N) is 1. The van der Waals surface area contributed by atoms with Crippen LogP contribution in [0.5, 0.6) is 0 Å². The van der Waals surface area contributed by atoms with Gasteiger partial charge in [-0.2, -0.15) is 5.10 Å². The van der Waals surface area contributed by atoms with Crippen LogP contribution in [-0.2, 0) is 4.74 Å². The number of rotatable bonds is 5. The fraction of sp³-hybridized carbons (Fsp3) is 0.278. The molecule has 4 atom stereocenters. The Hall–Kier alpha value is -2.65. The first-order chi connectivity index (χ1) is 12.7. The van der Waals surface area contributed by atoms with Gasteiger partial charge in [-0.05, 0) is 24.3 Å². The maximum Gasteiger partial charge on any atom is 0.202 e. The Morgan fingerprint density at radius 1 is 0.962 bits per heavy atom. The summed E-state index contributed by atoms with van der Waals surface area (Å²) in [5, 5.41) is 41.8. The third-order valence-corrected chi connectivity index (χ3v) is 3.89. The molecule has 8 nitrogen and oxygen atoms in total. The second-order valence-corrected chi connectivity index (χ2v) is 5.74. The van der Waals surface area contributed by atoms with Gasteiger partial charge in [-0.15, -0.1) is 10.2 Å². The first-order valence-electron chi connectivity index (χ1n) is 8.17. The van der Waals surface area contributed by atoms with Crippen molar-refractivity contribution in [2.75, 3.05) is 12.0 Å². The van der Waals surface area contributed by atoms with E-state index in [9.17, 15) is 15.3 Å². The van der Waals surface area contributed by atoms with Gasteiger partial charge in [0.1, 0.15) is 24.4 Å². The van der Waals surface area contributed by atoms with Gasteiger partial charge >= 0.3 is 0 Å². The molecule has 26 heavy (non-hydrogen) atoms. The zero-order valence-electron chi connectivity index (χ0n) is 13.9. The number of benzene rings is 2. The number of nitrogens with zero attached hydrogens (tertiary/aromatic N) is 3. The van der Waals surface area contributed by atoms with Crippen molar-refractivity contribution in [3.05, 3.63) is 60.7 Å². The molecule has 2 aromatic rings. The maximum absolute atomic E-state index is 10.2. The van der Waals surface area contributed by atoms with Crippen molar-refractivity contribution in [1.29, 1.82) is 0 Å². The molecule has 0 saturated carbocycles. The minimum Gasteiger partial charge on any atom is -0.394 e. The molecule has 0 bridgehead atoms. The van der Waals surface area contributed by atoms with Crippen LogP contribution in [0.25, 0.3) is 0 Å². The molecule has 1 fully saturated rings. The first kappa shape index (κ1) is 18.2. The standard InChI is InChI=1S/C18H20N4O4/c23-11-14-15(24)16(25)17(26-14)18(21-19-12-7-3-1-4-8-12)22-20-13-9-5-2-6-10-13/h1-10,14-17,19,23-25H,11H2/b21-18+,22-20?. The fourth-order valence-corrected chi connectivity index (χ4v) is 2.49. The number of anilines is 1. The third kappa shape index (κ3) is 4.30. The lowest BCUT2D eigenvalue weighted by Crippen LogP contribution is -2.36. The average molecular weight is 356 g/mol. The number of aliphatic hydroxyl groups is 3. The Morgan fingerprint density at radius 2 is 1.62 bits per heavy atom. The molecule has 1 aliphatic heterocycles. The lowest BCUT2D eigenvalue weighted by Gasteiger charge is -2.13. The molecular formula is C18H20N4O4. The Labute approximate surface area is 150 Å². The van der Waals surface area contributed by atoms with Crippen LogP contribution in [-0.4, -0.2) is 52.2 Å². The van der Waals surface area contributed by atoms with Gasteiger partial charge in [0.2, 0.25) is 5.84 Å². The highest BCUT2D eigenvalue weighted by Gasteiger charge is 2.45. The molecule has 0 aromatic heterocycles. The van der Waals surface area contributed by atoms with E-state index in [0.717, 1.165) is 0 Å². The second-order valence-electron chi connectivity index (χ2n) is 5.74. The largest absolute Gasteiger partial charge is 0.394 e. The Balaban J connectivity index is 1.85. The van der Waals surface area contributed by atoms with Gasteiger partial charge in [0, 0.05) is 0 Å². The molecule has 1 saturated heterocycles. The van der Waals surface area contributed by atoms with Crippen molar-refractivity contribution in [2.45, 2.75) is 24.4 Å². The van der Waals surface area contributed by atoms with Gasteiger partial charge in [-0.1, -0.05) is 36.4 Å². The molecule has 0 aliphatic carbocycles. The van der Waals surface area contributed by atoms with Crippen molar-refractivity contribution in [3.63, 3.8) is 0 Å². The van der Waals surface area contributed by atoms with Gasteiger partial charge in [0.25, 0.3) is 0 Å². The summed E-state index contributed by atoms with van der Waals surface area (Å²) >= 11 is 0. The predicted octanol–water partition coefficient (Wildman–Crippen LogP) is 1.68. The third-order valence-electron chi connectivity index (χ3n) is 3.89. The Bertz CT molecular complexity index is 754. The highest BCUT2D eigenvalue weighted by Crippen LogP contribution is 2.24. The zero-order chi connectivity index (χ0) is 18.4. The van der Waals surface area contributed by atoms with Gasteiger partial charge in [-0.3, -0.25) is 5.43 Å². The van der Waals surface area contributed by atoms with Crippen molar-refractivity contribution in [1.82, 2.24) is 0 Å². The minimum absolute atomic E-state index is 0.0557. The lowest BCUT2D eigenvalue weighted by atomic mass is 10.1. The smallest absolute Gasteiger partial charge is 0.202 e. The summed E-state index contributed by atoms with van der Waals surface area (Å²) in [4.78, 5) is 0. The van der Waals surface area contributed by atoms with Crippen LogP contribution in [0.2, 0.25) is 0 Å². The summed E-state index contributed by atoms with van der Waals surface area (Å²) < 4.78 is 5.50. The number of amidine groups is 1. The first-order valence-corrected chi connectivity index (χ1v) is 8.17. The van der Waals surface area contributed by atoms with Crippen LogP contribution >= 0.6 is 0 Å². The highest BCUT2D eigenvalue weighted by atomic mass is 16.6. The van der Waals surface area contributed by atoms with Gasteiger partial charge in [0.05, 0.1) is 18.0 Å². The van der Waals surface area contributed by atoms with Crippen LogP contribution in [0.3, 0.4) is 0 Å². The Morgan fingerprint density at radius 3 is 2.23 bits per heavy atom. The average Bonchev–Trinajstić information content (AvgIpc) is 2.98. The van der Waals surface area contributed by atoms with Crippen LogP contribution in [0.1, 0.15) is 0 Å². The van der Waals surface area contributed by atoms with E-state index < -0.39 is 31.0 Å². The van der Waals surface area contributed by atoms with Crippen LogP contribution in [0, 0.1) is 0 Å². The molecule has 2 aromatic carbocycles. The zero-order valence-corrected chi connectivity index (χ0v) is 13.9. The number of aliphatic hydroxyl groups excluding tert-OH is 3. The summed E-state index contributed by atoms with van der Waals surface area (Å²) in [5.41, 5.74) is 4.14. The van der Waals surface area contributed by atoms with E-state index >= 15 is 0 Å². The van der Waals surface area contributed by atoms with E-state index in [4.69, 9.17) is 4.74 Å². The van der Waals surface area contributed by atoms with Crippen molar-refractivity contribution >= 4 is 17.2 Å². The van der Waals surface area contributed by atoms with Gasteiger partial charge < -0.3 is 20.1 Å². The van der Waals surface area contributed by atoms with Crippen molar-refractivity contribution < 1.29 is 20.1 Å². The number of hydrogen-bond acceptors (Lipinski definition) is 7. The van der Waals surface area contributed by atoms with E-state index in [1.54, 1.807) is 12.1 Å². The minimum atomic E-state index is -1.28. The van der Waals surface area contributed by atoms with Gasteiger partial charge in [-0.25, -0.2) is 0 Å². The van der Waals surface area contributed by atoms with E-state index in [0.29, 0.717) is 11.4 Å². The predicted molar refractivity (Wildman–Crippen MR) is 96.2 cm³/mol. The van der Waals surface area contributed by atoms with Crippen LogP contribution in [0.15, 0.2) is 76.0 Å². The highest BCUT2D eigenvalue weighted by molar-refractivity contribution is 5.88. The molecule has 136 valence electrons. The van der Waals surface area contributed by atoms with E-state index in [-0.39, 0.29) is 5.84 Å². The van der Waals surface area contributed by atoms with E-state index in [2.05, 4.69) is 20.8 Å². The molecule has 0 amide bonds. The second kappa shape index (κ2) is 8.63. The van der Waals surface area contributed by atoms with E-state index in [1.165, 1.54) is 0 Å². The molecule has 4 unspecified atom stereocenters. The molecule has 0 spiro atoms. The van der Waals surface area contributed by atoms with E-state index in [1.807, 2.05) is 48.5 Å². The summed E-state index contributed by atoms with van der Waals surface area (Å²) in [6, 6.07) is 18.2. The lowest BCUT2D eigenvalue weighted by molar-refractivity contribution is -0.0101. The quantitative estimate of drug-likeness (QED) is 0.281. The molecule has 8 heteroatoms. The number of hydrogen-bond donors (Lipinski definition) is 4. The summed E-state index contributed by atoms with van der Waals surface area (Å²) in [7, 11) is 0. The van der Waals surface area contributed by atoms with Crippen LogP contribution < -0.4 is 5.43 Å². The molecule has 4 N–H and O–H groups in total.